The summed E-state index contributed by atoms with van der Waals surface area (Å²) in [7, 11) is 4.31. The summed E-state index contributed by atoms with van der Waals surface area (Å²) in [6.45, 7) is 5.07. The van der Waals surface area contributed by atoms with E-state index in [-0.39, 0.29) is 5.97 Å². The number of benzene rings is 2. The zero-order chi connectivity index (χ0) is 25.9. The van der Waals surface area contributed by atoms with Crippen LogP contribution in [0.2, 0.25) is 0 Å². The van der Waals surface area contributed by atoms with E-state index >= 15 is 0 Å². The van der Waals surface area contributed by atoms with Crippen LogP contribution < -0.4 is 4.74 Å². The summed E-state index contributed by atoms with van der Waals surface area (Å²) in [4.78, 5) is 12.2. The average molecular weight is 497 g/mol. The number of carbonyl (C=O) groups is 1. The Morgan fingerprint density at radius 3 is 2.14 bits per heavy atom. The van der Waals surface area contributed by atoms with Crippen molar-refractivity contribution < 1.29 is 18.8 Å². The van der Waals surface area contributed by atoms with E-state index in [0.29, 0.717) is 19.6 Å². The topological polar surface area (TPSA) is 35.5 Å². The van der Waals surface area contributed by atoms with Gasteiger partial charge < -0.3 is 14.0 Å². The second-order valence-electron chi connectivity index (χ2n) is 10.7. The third-order valence-corrected chi connectivity index (χ3v) is 6.71. The standard InChI is InChI=1S/C32H50NO3/c1-4-5-6-7-8-9-10-14-21-30-22-15-16-23-31(30)35-26-17-18-27-36-32(34)24-25-33(2,3)28-29-19-12-11-13-20-29/h11-13,15-16,19-20,22-23H,4-10,14,17-18,21,24-28H2,1-3H3/q+1. The summed E-state index contributed by atoms with van der Waals surface area (Å²) in [5.41, 5.74) is 2.60. The molecule has 36 heavy (non-hydrogen) atoms. The van der Waals surface area contributed by atoms with Gasteiger partial charge in [0.15, 0.2) is 0 Å². The van der Waals surface area contributed by atoms with Gasteiger partial charge in [0.1, 0.15) is 12.3 Å². The average Bonchev–Trinajstić information content (AvgIpc) is 2.87. The van der Waals surface area contributed by atoms with Crippen molar-refractivity contribution in [2.45, 2.75) is 90.5 Å². The molecule has 0 saturated carbocycles. The van der Waals surface area contributed by atoms with E-state index in [1.54, 1.807) is 0 Å². The van der Waals surface area contributed by atoms with Crippen molar-refractivity contribution in [2.24, 2.45) is 0 Å². The quantitative estimate of drug-likeness (QED) is 0.107. The first kappa shape index (κ1) is 29.9. The highest BCUT2D eigenvalue weighted by atomic mass is 16.5. The molecule has 0 aliphatic carbocycles. The molecule has 0 spiro atoms. The molecule has 200 valence electrons. The minimum absolute atomic E-state index is 0.106. The van der Waals surface area contributed by atoms with Crippen LogP contribution in [0.15, 0.2) is 54.6 Å². The number of ether oxygens (including phenoxy) is 2. The van der Waals surface area contributed by atoms with Crippen molar-refractivity contribution >= 4 is 5.97 Å². The number of hydrogen-bond acceptors (Lipinski definition) is 3. The third-order valence-electron chi connectivity index (χ3n) is 6.71. The Kier molecular flexibility index (Phi) is 14.9. The zero-order valence-corrected chi connectivity index (χ0v) is 23.2. The van der Waals surface area contributed by atoms with Gasteiger partial charge in [-0.05, 0) is 37.3 Å². The summed E-state index contributed by atoms with van der Waals surface area (Å²) >= 11 is 0. The Morgan fingerprint density at radius 1 is 0.750 bits per heavy atom. The van der Waals surface area contributed by atoms with E-state index < -0.39 is 0 Å². The third kappa shape index (κ3) is 13.7. The van der Waals surface area contributed by atoms with Gasteiger partial charge in [-0.1, -0.05) is 100 Å². The van der Waals surface area contributed by atoms with Crippen molar-refractivity contribution in [2.75, 3.05) is 33.9 Å². The highest BCUT2D eigenvalue weighted by Crippen LogP contribution is 2.21. The molecule has 0 radical (unpaired) electrons. The van der Waals surface area contributed by atoms with E-state index in [9.17, 15) is 4.79 Å². The second-order valence-corrected chi connectivity index (χ2v) is 10.7. The number of aryl methyl sites for hydroxylation is 1. The van der Waals surface area contributed by atoms with Crippen LogP contribution in [0.5, 0.6) is 5.75 Å². The number of carbonyl (C=O) groups excluding carboxylic acids is 1. The van der Waals surface area contributed by atoms with E-state index in [2.05, 4.69) is 63.5 Å². The molecule has 2 rings (SSSR count). The van der Waals surface area contributed by atoms with Gasteiger partial charge in [0.05, 0.1) is 40.3 Å². The van der Waals surface area contributed by atoms with Crippen molar-refractivity contribution in [3.05, 3.63) is 65.7 Å². The lowest BCUT2D eigenvalue weighted by molar-refractivity contribution is -0.903. The van der Waals surface area contributed by atoms with Crippen molar-refractivity contribution in [1.29, 1.82) is 0 Å². The molecule has 0 aliphatic heterocycles. The Morgan fingerprint density at radius 2 is 1.39 bits per heavy atom. The molecule has 0 heterocycles. The molecule has 0 N–H and O–H groups in total. The van der Waals surface area contributed by atoms with Gasteiger partial charge in [0.25, 0.3) is 0 Å². The lowest BCUT2D eigenvalue weighted by Crippen LogP contribution is -2.40. The molecular weight excluding hydrogens is 446 g/mol. The van der Waals surface area contributed by atoms with Crippen molar-refractivity contribution in [3.63, 3.8) is 0 Å². The number of quaternary nitrogens is 1. The predicted octanol–water partition coefficient (Wildman–Crippen LogP) is 7.74. The highest BCUT2D eigenvalue weighted by Gasteiger charge is 2.18. The number of rotatable bonds is 20. The molecule has 0 atom stereocenters. The van der Waals surface area contributed by atoms with Gasteiger partial charge in [0, 0.05) is 5.56 Å². The maximum Gasteiger partial charge on any atom is 0.311 e. The van der Waals surface area contributed by atoms with Crippen LogP contribution in [0.4, 0.5) is 0 Å². The van der Waals surface area contributed by atoms with Crippen LogP contribution in [-0.4, -0.2) is 44.3 Å². The van der Waals surface area contributed by atoms with Crippen LogP contribution in [0.3, 0.4) is 0 Å². The number of hydrogen-bond donors (Lipinski definition) is 0. The molecule has 0 aliphatic rings. The summed E-state index contributed by atoms with van der Waals surface area (Å²) in [6, 6.07) is 18.8. The lowest BCUT2D eigenvalue weighted by Gasteiger charge is -2.29. The summed E-state index contributed by atoms with van der Waals surface area (Å²) in [6.07, 6.45) is 13.9. The molecule has 0 fully saturated rings. The maximum absolute atomic E-state index is 12.2. The normalized spacial score (nSPS) is 11.4. The highest BCUT2D eigenvalue weighted by molar-refractivity contribution is 5.69. The molecule has 4 nitrogen and oxygen atoms in total. The molecular formula is C32H50NO3+. The first-order valence-corrected chi connectivity index (χ1v) is 14.2. The van der Waals surface area contributed by atoms with Crippen LogP contribution >= 0.6 is 0 Å². The number of esters is 1. The number of para-hydroxylation sites is 1. The maximum atomic E-state index is 12.2. The largest absolute Gasteiger partial charge is 0.493 e. The Balaban J connectivity index is 1.54. The van der Waals surface area contributed by atoms with Crippen molar-refractivity contribution in [1.82, 2.24) is 0 Å². The molecule has 0 bridgehead atoms. The fourth-order valence-electron chi connectivity index (χ4n) is 4.50. The molecule has 0 saturated heterocycles. The second kappa shape index (κ2) is 18.0. The fourth-order valence-corrected chi connectivity index (χ4v) is 4.50. The first-order chi connectivity index (χ1) is 17.5. The van der Waals surface area contributed by atoms with Crippen LogP contribution in [0, 0.1) is 0 Å². The molecule has 2 aromatic rings. The summed E-state index contributed by atoms with van der Waals surface area (Å²) < 4.78 is 12.3. The van der Waals surface area contributed by atoms with Gasteiger partial charge in [-0.15, -0.1) is 0 Å². The monoisotopic (exact) mass is 496 g/mol. The van der Waals surface area contributed by atoms with Crippen LogP contribution in [0.25, 0.3) is 0 Å². The summed E-state index contributed by atoms with van der Waals surface area (Å²) in [5.74, 6) is 0.904. The Bertz CT molecular complexity index is 834. The van der Waals surface area contributed by atoms with Crippen LogP contribution in [-0.2, 0) is 22.5 Å². The molecule has 0 unspecified atom stereocenters. The van der Waals surface area contributed by atoms with E-state index in [0.717, 1.165) is 42.6 Å². The molecule has 0 amide bonds. The van der Waals surface area contributed by atoms with Crippen LogP contribution in [0.1, 0.15) is 88.7 Å². The molecule has 0 aromatic heterocycles. The van der Waals surface area contributed by atoms with Gasteiger partial charge in [0.2, 0.25) is 0 Å². The first-order valence-electron chi connectivity index (χ1n) is 14.2. The molecule has 2 aromatic carbocycles. The van der Waals surface area contributed by atoms with E-state index in [1.807, 2.05) is 12.1 Å². The zero-order valence-electron chi connectivity index (χ0n) is 23.2. The fraction of sp³-hybridized carbons (Fsp3) is 0.594. The Labute approximate surface area is 220 Å². The number of unbranched alkanes of at least 4 members (excludes halogenated alkanes) is 8. The Hall–Kier alpha value is -2.33. The number of nitrogens with zero attached hydrogens (tertiary/aromatic N) is 1. The van der Waals surface area contributed by atoms with Crippen molar-refractivity contribution in [3.8, 4) is 5.75 Å². The lowest BCUT2D eigenvalue weighted by atomic mass is 10.0. The predicted molar refractivity (Wildman–Crippen MR) is 150 cm³/mol. The van der Waals surface area contributed by atoms with E-state index in [4.69, 9.17) is 9.47 Å². The van der Waals surface area contributed by atoms with Gasteiger partial charge >= 0.3 is 5.97 Å². The minimum atomic E-state index is -0.106. The van der Waals surface area contributed by atoms with Gasteiger partial charge in [-0.25, -0.2) is 0 Å². The minimum Gasteiger partial charge on any atom is -0.493 e. The smallest absolute Gasteiger partial charge is 0.311 e. The van der Waals surface area contributed by atoms with E-state index in [1.165, 1.54) is 62.5 Å². The van der Waals surface area contributed by atoms with Gasteiger partial charge in [-0.3, -0.25) is 4.79 Å². The summed E-state index contributed by atoms with van der Waals surface area (Å²) in [5, 5.41) is 0. The van der Waals surface area contributed by atoms with Gasteiger partial charge in [-0.2, -0.15) is 0 Å². The SMILES string of the molecule is CCCCCCCCCCc1ccccc1OCCCCOC(=O)CC[N+](C)(C)Cc1ccccc1. The molecule has 4 heteroatoms.